The number of halogens is 3. The Kier molecular flexibility index (Phi) is 8.47. The number of carboxylic acids is 1. The minimum atomic E-state index is -4.50. The molecule has 0 spiro atoms. The number of hydrogen-bond donors (Lipinski definition) is 1. The van der Waals surface area contributed by atoms with Crippen molar-refractivity contribution >= 4 is 14.3 Å². The van der Waals surface area contributed by atoms with Crippen LogP contribution in [0.5, 0.6) is 11.8 Å². The van der Waals surface area contributed by atoms with E-state index in [2.05, 4.69) is 14.7 Å². The van der Waals surface area contributed by atoms with Crippen LogP contribution in [0.2, 0.25) is 18.1 Å². The molecule has 1 aromatic carbocycles. The lowest BCUT2D eigenvalue weighted by atomic mass is 10.1. The number of alkyl halides is 3. The third-order valence-electron chi connectivity index (χ3n) is 5.33. The molecule has 0 saturated carbocycles. The average molecular weight is 487 g/mol. The maximum Gasteiger partial charge on any atom is 0.422 e. The Morgan fingerprint density at radius 3 is 2.39 bits per heavy atom. The second-order valence-corrected chi connectivity index (χ2v) is 13.8. The van der Waals surface area contributed by atoms with Crippen molar-refractivity contribution in [2.24, 2.45) is 0 Å². The Hall–Kier alpha value is -2.66. The predicted molar refractivity (Wildman–Crippen MR) is 118 cm³/mol. The molecular weight excluding hydrogens is 457 g/mol. The van der Waals surface area contributed by atoms with Crippen LogP contribution in [-0.4, -0.2) is 48.2 Å². The highest BCUT2D eigenvalue weighted by atomic mass is 28.4. The van der Waals surface area contributed by atoms with E-state index in [1.165, 1.54) is 12.3 Å². The average Bonchev–Trinajstić information content (AvgIpc) is 2.70. The standard InChI is InChI=1S/C22H29F3N2O5Si/c1-21(2,3)33(4,5)32-18(19(28)29)12-15-8-6-7-9-17(15)30-13-16-10-11-26-20(27-16)31-14-22(23,24)25/h6-11,18H,12-14H2,1-5H3,(H,28,29). The Bertz CT molecular complexity index is 948. The fraction of sp³-hybridized carbons (Fsp3) is 0.500. The highest BCUT2D eigenvalue weighted by Crippen LogP contribution is 2.38. The van der Waals surface area contributed by atoms with Gasteiger partial charge in [0.05, 0.1) is 5.69 Å². The number of carbonyl (C=O) groups is 1. The first-order chi connectivity index (χ1) is 15.2. The van der Waals surface area contributed by atoms with Gasteiger partial charge in [0.25, 0.3) is 0 Å². The molecule has 1 heterocycles. The SMILES string of the molecule is CC(C)(C)[Si](C)(C)OC(Cc1ccccc1OCc1ccnc(OCC(F)(F)F)n1)C(=O)O. The predicted octanol–water partition coefficient (Wildman–Crippen LogP) is 5.01. The van der Waals surface area contributed by atoms with E-state index in [-0.39, 0.29) is 18.1 Å². The van der Waals surface area contributed by atoms with Crippen molar-refractivity contribution in [2.75, 3.05) is 6.61 Å². The summed E-state index contributed by atoms with van der Waals surface area (Å²) in [5, 5.41) is 9.59. The monoisotopic (exact) mass is 486 g/mol. The molecule has 0 amide bonds. The van der Waals surface area contributed by atoms with Gasteiger partial charge >= 0.3 is 18.2 Å². The largest absolute Gasteiger partial charge is 0.487 e. The maximum absolute atomic E-state index is 12.3. The van der Waals surface area contributed by atoms with Gasteiger partial charge < -0.3 is 19.0 Å². The lowest BCUT2D eigenvalue weighted by molar-refractivity contribution is -0.154. The highest BCUT2D eigenvalue weighted by molar-refractivity contribution is 6.74. The minimum Gasteiger partial charge on any atom is -0.487 e. The molecule has 33 heavy (non-hydrogen) atoms. The zero-order valence-electron chi connectivity index (χ0n) is 19.3. The zero-order chi connectivity index (χ0) is 24.9. The minimum absolute atomic E-state index is 0.0667. The number of rotatable bonds is 10. The molecule has 0 radical (unpaired) electrons. The van der Waals surface area contributed by atoms with Crippen LogP contribution in [0.15, 0.2) is 36.5 Å². The van der Waals surface area contributed by atoms with Gasteiger partial charge in [-0.05, 0) is 35.8 Å². The zero-order valence-corrected chi connectivity index (χ0v) is 20.3. The smallest absolute Gasteiger partial charge is 0.422 e. The number of ether oxygens (including phenoxy) is 2. The van der Waals surface area contributed by atoms with Crippen LogP contribution in [0.1, 0.15) is 32.0 Å². The van der Waals surface area contributed by atoms with Crippen LogP contribution in [0.25, 0.3) is 0 Å². The van der Waals surface area contributed by atoms with Crippen molar-refractivity contribution in [1.29, 1.82) is 0 Å². The van der Waals surface area contributed by atoms with E-state index in [1.54, 1.807) is 24.3 Å². The first kappa shape index (κ1) is 26.6. The van der Waals surface area contributed by atoms with Gasteiger partial charge in [0.2, 0.25) is 0 Å². The third-order valence-corrected chi connectivity index (χ3v) is 9.81. The summed E-state index contributed by atoms with van der Waals surface area (Å²) in [7, 11) is -2.33. The molecule has 2 aromatic rings. The van der Waals surface area contributed by atoms with Crippen molar-refractivity contribution in [3.05, 3.63) is 47.8 Å². The molecule has 0 aliphatic heterocycles. The highest BCUT2D eigenvalue weighted by Gasteiger charge is 2.41. The number of carboxylic acid groups (broad SMARTS) is 1. The van der Waals surface area contributed by atoms with Gasteiger partial charge in [-0.15, -0.1) is 0 Å². The van der Waals surface area contributed by atoms with Crippen molar-refractivity contribution < 1.29 is 37.0 Å². The van der Waals surface area contributed by atoms with Crippen LogP contribution in [-0.2, 0) is 22.2 Å². The molecule has 0 aliphatic rings. The fourth-order valence-electron chi connectivity index (χ4n) is 2.55. The first-order valence-electron chi connectivity index (χ1n) is 10.3. The Morgan fingerprint density at radius 1 is 1.12 bits per heavy atom. The third kappa shape index (κ3) is 8.32. The number of aromatic nitrogens is 2. The summed E-state index contributed by atoms with van der Waals surface area (Å²) in [5.74, 6) is -0.629. The van der Waals surface area contributed by atoms with E-state index < -0.39 is 39.2 Å². The molecule has 1 aromatic heterocycles. The molecule has 1 unspecified atom stereocenters. The van der Waals surface area contributed by atoms with Crippen molar-refractivity contribution in [3.63, 3.8) is 0 Å². The van der Waals surface area contributed by atoms with Crippen LogP contribution < -0.4 is 9.47 Å². The van der Waals surface area contributed by atoms with Crippen LogP contribution in [0.3, 0.4) is 0 Å². The summed E-state index contributed by atoms with van der Waals surface area (Å²) < 4.78 is 53.5. The van der Waals surface area contributed by atoms with Crippen molar-refractivity contribution in [3.8, 4) is 11.8 Å². The lowest BCUT2D eigenvalue weighted by Gasteiger charge is -2.38. The molecule has 0 saturated heterocycles. The number of aliphatic carboxylic acids is 1. The van der Waals surface area contributed by atoms with Crippen molar-refractivity contribution in [2.45, 2.75) is 64.2 Å². The van der Waals surface area contributed by atoms with Gasteiger partial charge in [-0.1, -0.05) is 39.0 Å². The lowest BCUT2D eigenvalue weighted by Crippen LogP contribution is -2.46. The van der Waals surface area contributed by atoms with E-state index in [4.69, 9.17) is 9.16 Å². The first-order valence-corrected chi connectivity index (χ1v) is 13.2. The molecular formula is C22H29F3N2O5Si. The molecule has 1 N–H and O–H groups in total. The van der Waals surface area contributed by atoms with Gasteiger partial charge in [-0.3, -0.25) is 0 Å². The summed E-state index contributed by atoms with van der Waals surface area (Å²) in [6.07, 6.45) is -4.17. The summed E-state index contributed by atoms with van der Waals surface area (Å²) >= 11 is 0. The number of benzene rings is 1. The van der Waals surface area contributed by atoms with E-state index in [9.17, 15) is 23.1 Å². The fourth-order valence-corrected chi connectivity index (χ4v) is 3.80. The van der Waals surface area contributed by atoms with Gasteiger partial charge in [0, 0.05) is 12.6 Å². The normalized spacial score (nSPS) is 13.5. The van der Waals surface area contributed by atoms with Gasteiger partial charge in [-0.25, -0.2) is 9.78 Å². The molecule has 0 fully saturated rings. The van der Waals surface area contributed by atoms with Crippen LogP contribution in [0, 0.1) is 0 Å². The summed E-state index contributed by atoms with van der Waals surface area (Å²) in [4.78, 5) is 19.5. The van der Waals surface area contributed by atoms with Crippen LogP contribution >= 0.6 is 0 Å². The summed E-state index contributed by atoms with van der Waals surface area (Å²) in [6, 6.07) is 8.02. The van der Waals surface area contributed by atoms with E-state index in [1.807, 2.05) is 33.9 Å². The van der Waals surface area contributed by atoms with E-state index >= 15 is 0 Å². The molecule has 0 aliphatic carbocycles. The summed E-state index contributed by atoms with van der Waals surface area (Å²) in [5.41, 5.74) is 0.940. The molecule has 2 rings (SSSR count). The molecule has 11 heteroatoms. The second-order valence-electron chi connectivity index (χ2n) is 9.04. The number of hydrogen-bond acceptors (Lipinski definition) is 6. The molecule has 0 bridgehead atoms. The molecule has 7 nitrogen and oxygen atoms in total. The maximum atomic E-state index is 12.3. The Labute approximate surface area is 192 Å². The Balaban J connectivity index is 2.12. The summed E-state index contributed by atoms with van der Waals surface area (Å²) in [6.45, 7) is 8.50. The van der Waals surface area contributed by atoms with Crippen LogP contribution in [0.4, 0.5) is 13.2 Å². The van der Waals surface area contributed by atoms with E-state index in [0.717, 1.165) is 0 Å². The van der Waals surface area contributed by atoms with E-state index in [0.29, 0.717) is 17.0 Å². The second kappa shape index (κ2) is 10.5. The van der Waals surface area contributed by atoms with Gasteiger partial charge in [0.15, 0.2) is 14.9 Å². The topological polar surface area (TPSA) is 90.8 Å². The number of nitrogens with zero attached hydrogens (tertiary/aromatic N) is 2. The number of para-hydroxylation sites is 1. The molecule has 182 valence electrons. The van der Waals surface area contributed by atoms with Crippen molar-refractivity contribution in [1.82, 2.24) is 9.97 Å². The quantitative estimate of drug-likeness (QED) is 0.472. The van der Waals surface area contributed by atoms with Gasteiger partial charge in [0.1, 0.15) is 18.5 Å². The Morgan fingerprint density at radius 2 is 1.79 bits per heavy atom. The molecule has 1 atom stereocenters. The van der Waals surface area contributed by atoms with Gasteiger partial charge in [-0.2, -0.15) is 18.2 Å².